The number of carbonyl (C=O) groups is 1. The lowest BCUT2D eigenvalue weighted by molar-refractivity contribution is -0.387. The first-order valence-electron chi connectivity index (χ1n) is 5.32. The van der Waals surface area contributed by atoms with Gasteiger partial charge in [0.2, 0.25) is 5.82 Å². The van der Waals surface area contributed by atoms with Gasteiger partial charge < -0.3 is 9.73 Å². The molecule has 0 spiro atoms. The molecule has 0 bridgehead atoms. The van der Waals surface area contributed by atoms with Gasteiger partial charge in [-0.15, -0.1) is 0 Å². The first-order chi connectivity index (χ1) is 9.08. The zero-order valence-electron chi connectivity index (χ0n) is 9.63. The summed E-state index contributed by atoms with van der Waals surface area (Å²) in [5, 5.41) is 13.1. The lowest BCUT2D eigenvalue weighted by Gasteiger charge is -2.03. The van der Waals surface area contributed by atoms with E-state index in [4.69, 9.17) is 4.42 Å². The largest absolute Gasteiger partial charge is 0.467 e. The number of benzene rings is 1. The van der Waals surface area contributed by atoms with E-state index in [1.807, 2.05) is 0 Å². The van der Waals surface area contributed by atoms with Crippen molar-refractivity contribution in [2.45, 2.75) is 6.54 Å². The summed E-state index contributed by atoms with van der Waals surface area (Å²) in [6, 6.07) is 6.31. The number of carbonyl (C=O) groups excluding carboxylic acids is 1. The maximum atomic E-state index is 13.1. The van der Waals surface area contributed by atoms with E-state index < -0.39 is 22.3 Å². The van der Waals surface area contributed by atoms with Gasteiger partial charge in [-0.2, -0.15) is 4.39 Å². The molecule has 0 aliphatic rings. The van der Waals surface area contributed by atoms with Crippen molar-refractivity contribution in [1.82, 2.24) is 5.32 Å². The Kier molecular flexibility index (Phi) is 3.56. The second kappa shape index (κ2) is 5.30. The monoisotopic (exact) mass is 264 g/mol. The predicted octanol–water partition coefficient (Wildman–Crippen LogP) is 2.26. The number of halogens is 1. The van der Waals surface area contributed by atoms with Crippen molar-refractivity contribution in [1.29, 1.82) is 0 Å². The molecule has 0 radical (unpaired) electrons. The van der Waals surface area contributed by atoms with Crippen molar-refractivity contribution in [3.63, 3.8) is 0 Å². The minimum absolute atomic E-state index is 0.0136. The molecule has 0 fully saturated rings. The summed E-state index contributed by atoms with van der Waals surface area (Å²) in [4.78, 5) is 21.4. The van der Waals surface area contributed by atoms with Crippen LogP contribution < -0.4 is 5.32 Å². The van der Waals surface area contributed by atoms with Crippen molar-refractivity contribution in [3.05, 3.63) is 63.9 Å². The summed E-state index contributed by atoms with van der Waals surface area (Å²) in [6.07, 6.45) is 1.46. The fourth-order valence-corrected chi connectivity index (χ4v) is 1.48. The molecule has 1 N–H and O–H groups in total. The quantitative estimate of drug-likeness (QED) is 0.678. The Balaban J connectivity index is 2.11. The van der Waals surface area contributed by atoms with Gasteiger partial charge in [0.05, 0.1) is 17.7 Å². The van der Waals surface area contributed by atoms with E-state index in [0.717, 1.165) is 12.1 Å². The van der Waals surface area contributed by atoms with Crippen LogP contribution in [-0.4, -0.2) is 10.8 Å². The molecule has 1 amide bonds. The highest BCUT2D eigenvalue weighted by Crippen LogP contribution is 2.18. The van der Waals surface area contributed by atoms with E-state index >= 15 is 0 Å². The predicted molar refractivity (Wildman–Crippen MR) is 62.9 cm³/mol. The van der Waals surface area contributed by atoms with Crippen LogP contribution in [0.25, 0.3) is 0 Å². The molecule has 0 atom stereocenters. The molecule has 2 aromatic rings. The fraction of sp³-hybridized carbons (Fsp3) is 0.0833. The summed E-state index contributed by atoms with van der Waals surface area (Å²) in [6.45, 7) is 0.150. The Morgan fingerprint density at radius 3 is 2.84 bits per heavy atom. The van der Waals surface area contributed by atoms with Crippen LogP contribution in [0.2, 0.25) is 0 Å². The zero-order valence-corrected chi connectivity index (χ0v) is 9.63. The lowest BCUT2D eigenvalue weighted by Crippen LogP contribution is -2.22. The lowest BCUT2D eigenvalue weighted by atomic mass is 10.2. The molecular formula is C12H9FN2O4. The van der Waals surface area contributed by atoms with Gasteiger partial charge in [-0.3, -0.25) is 14.9 Å². The van der Waals surface area contributed by atoms with Crippen LogP contribution in [0.3, 0.4) is 0 Å². The van der Waals surface area contributed by atoms with Crippen molar-refractivity contribution in [2.75, 3.05) is 0 Å². The van der Waals surface area contributed by atoms with Crippen LogP contribution in [0.1, 0.15) is 16.1 Å². The Labute approximate surface area is 107 Å². The van der Waals surface area contributed by atoms with Crippen molar-refractivity contribution < 1.29 is 18.5 Å². The minimum Gasteiger partial charge on any atom is -0.467 e. The molecule has 0 saturated heterocycles. The highest BCUT2D eigenvalue weighted by Gasteiger charge is 2.17. The number of nitrogens with zero attached hydrogens (tertiary/aromatic N) is 1. The van der Waals surface area contributed by atoms with Gasteiger partial charge in [-0.05, 0) is 24.3 Å². The van der Waals surface area contributed by atoms with E-state index in [2.05, 4.69) is 5.32 Å². The smallest absolute Gasteiger partial charge is 0.305 e. The Bertz CT molecular complexity index is 610. The first kappa shape index (κ1) is 12.7. The normalized spacial score (nSPS) is 10.2. The second-order valence-electron chi connectivity index (χ2n) is 3.69. The summed E-state index contributed by atoms with van der Waals surface area (Å²) in [5.74, 6) is -0.975. The van der Waals surface area contributed by atoms with Crippen molar-refractivity contribution in [2.24, 2.45) is 0 Å². The number of hydrogen-bond acceptors (Lipinski definition) is 4. The first-order valence-corrected chi connectivity index (χ1v) is 5.32. The molecule has 2 rings (SSSR count). The number of rotatable bonds is 4. The number of nitro groups is 1. The van der Waals surface area contributed by atoms with E-state index in [-0.39, 0.29) is 12.1 Å². The molecule has 19 heavy (non-hydrogen) atoms. The van der Waals surface area contributed by atoms with E-state index in [1.165, 1.54) is 12.3 Å². The molecule has 0 saturated carbocycles. The van der Waals surface area contributed by atoms with Crippen LogP contribution >= 0.6 is 0 Å². The molecule has 1 aromatic carbocycles. The van der Waals surface area contributed by atoms with Crippen LogP contribution in [-0.2, 0) is 6.54 Å². The molecular weight excluding hydrogens is 255 g/mol. The van der Waals surface area contributed by atoms with E-state index in [1.54, 1.807) is 12.1 Å². The number of amides is 1. The molecule has 0 aliphatic carbocycles. The average Bonchev–Trinajstić information content (AvgIpc) is 2.89. The summed E-state index contributed by atoms with van der Waals surface area (Å²) >= 11 is 0. The second-order valence-corrected chi connectivity index (χ2v) is 3.69. The molecule has 0 aliphatic heterocycles. The zero-order chi connectivity index (χ0) is 13.8. The van der Waals surface area contributed by atoms with Gasteiger partial charge in [0, 0.05) is 11.6 Å². The summed E-state index contributed by atoms with van der Waals surface area (Å²) in [5.41, 5.74) is -0.717. The summed E-state index contributed by atoms with van der Waals surface area (Å²) < 4.78 is 18.1. The number of hydrogen-bond donors (Lipinski definition) is 1. The van der Waals surface area contributed by atoms with Crippen LogP contribution in [0.4, 0.5) is 10.1 Å². The van der Waals surface area contributed by atoms with Gasteiger partial charge in [-0.1, -0.05) is 0 Å². The van der Waals surface area contributed by atoms with Gasteiger partial charge in [0.1, 0.15) is 5.76 Å². The van der Waals surface area contributed by atoms with Crippen LogP contribution in [0.15, 0.2) is 41.0 Å². The van der Waals surface area contributed by atoms with E-state index in [9.17, 15) is 19.3 Å². The van der Waals surface area contributed by atoms with Crippen molar-refractivity contribution in [3.8, 4) is 0 Å². The molecule has 6 nitrogen and oxygen atoms in total. The number of nitro benzene ring substituents is 1. The van der Waals surface area contributed by atoms with Crippen LogP contribution in [0.5, 0.6) is 0 Å². The standard InChI is InChI=1S/C12H9FN2O4/c13-10-4-3-8(6-11(10)15(17)18)12(16)14-7-9-2-1-5-19-9/h1-6H,7H2,(H,14,16). The topological polar surface area (TPSA) is 85.4 Å². The Morgan fingerprint density at radius 2 is 2.21 bits per heavy atom. The van der Waals surface area contributed by atoms with E-state index in [0.29, 0.717) is 5.76 Å². The van der Waals surface area contributed by atoms with Gasteiger partial charge >= 0.3 is 5.69 Å². The van der Waals surface area contributed by atoms with Crippen molar-refractivity contribution >= 4 is 11.6 Å². The van der Waals surface area contributed by atoms with Gasteiger partial charge in [0.25, 0.3) is 5.91 Å². The number of nitrogens with one attached hydrogen (secondary N) is 1. The molecule has 98 valence electrons. The third-order valence-electron chi connectivity index (χ3n) is 2.41. The minimum atomic E-state index is -0.979. The van der Waals surface area contributed by atoms with Gasteiger partial charge in [0.15, 0.2) is 0 Å². The average molecular weight is 264 g/mol. The fourth-order valence-electron chi connectivity index (χ4n) is 1.48. The Morgan fingerprint density at radius 1 is 1.42 bits per heavy atom. The molecule has 7 heteroatoms. The summed E-state index contributed by atoms with van der Waals surface area (Å²) in [7, 11) is 0. The molecule has 0 unspecified atom stereocenters. The Hall–Kier alpha value is -2.70. The molecule has 1 heterocycles. The maximum Gasteiger partial charge on any atom is 0.305 e. The SMILES string of the molecule is O=C(NCc1ccco1)c1ccc(F)c([N+](=O)[O-])c1. The third kappa shape index (κ3) is 2.95. The van der Waals surface area contributed by atoms with Gasteiger partial charge in [-0.25, -0.2) is 0 Å². The number of furan rings is 1. The highest BCUT2D eigenvalue weighted by atomic mass is 19.1. The molecule has 1 aromatic heterocycles. The maximum absolute atomic E-state index is 13.1. The highest BCUT2D eigenvalue weighted by molar-refractivity contribution is 5.94. The van der Waals surface area contributed by atoms with Crippen LogP contribution in [0, 0.1) is 15.9 Å². The third-order valence-corrected chi connectivity index (χ3v) is 2.41.